The van der Waals surface area contributed by atoms with Crippen LogP contribution >= 0.6 is 11.6 Å². The number of carbonyl (C=O) groups excluding carboxylic acids is 1. The van der Waals surface area contributed by atoms with Crippen LogP contribution in [0.5, 0.6) is 0 Å². The number of carbonyl (C=O) groups is 1. The maximum atomic E-state index is 12.5. The Morgan fingerprint density at radius 1 is 1.31 bits per heavy atom. The quantitative estimate of drug-likeness (QED) is 0.768. The van der Waals surface area contributed by atoms with Crippen molar-refractivity contribution in [1.29, 1.82) is 0 Å². The predicted octanol–water partition coefficient (Wildman–Crippen LogP) is 3.57. The van der Waals surface area contributed by atoms with Gasteiger partial charge in [-0.25, -0.2) is 0 Å². The summed E-state index contributed by atoms with van der Waals surface area (Å²) < 4.78 is 37.5. The second kappa shape index (κ2) is 3.52. The molecule has 0 saturated heterocycles. The molecule has 0 spiro atoms. The number of halogens is 4. The van der Waals surface area contributed by atoms with E-state index in [-0.39, 0.29) is 11.1 Å². The third-order valence-corrected chi connectivity index (χ3v) is 2.41. The van der Waals surface area contributed by atoms with E-state index in [0.29, 0.717) is 5.39 Å². The molecule has 0 saturated carbocycles. The number of fused-ring (bicyclic) bond motifs is 1. The van der Waals surface area contributed by atoms with Gasteiger partial charge in [0.05, 0.1) is 5.56 Å². The lowest BCUT2D eigenvalue weighted by molar-refractivity contribution is -0.137. The van der Waals surface area contributed by atoms with Crippen LogP contribution in [0, 0.1) is 0 Å². The van der Waals surface area contributed by atoms with Crippen LogP contribution in [0.15, 0.2) is 24.4 Å². The zero-order valence-electron chi connectivity index (χ0n) is 7.73. The number of aromatic nitrogens is 1. The Morgan fingerprint density at radius 2 is 2.00 bits per heavy atom. The predicted molar refractivity (Wildman–Crippen MR) is 53.5 cm³/mol. The number of aromatic amines is 1. The molecule has 1 aromatic carbocycles. The Bertz CT molecular complexity index is 559. The molecular weight excluding hydrogens is 243 g/mol. The molecule has 0 atom stereocenters. The number of alkyl halides is 3. The summed E-state index contributed by atoms with van der Waals surface area (Å²) in [5.41, 5.74) is -0.807. The molecule has 0 bridgehead atoms. The first-order valence-electron chi connectivity index (χ1n) is 4.28. The van der Waals surface area contributed by atoms with Crippen LogP contribution in [0.25, 0.3) is 10.9 Å². The molecule has 0 unspecified atom stereocenters. The average Bonchev–Trinajstić information content (AvgIpc) is 2.61. The largest absolute Gasteiger partial charge is 0.416 e. The van der Waals surface area contributed by atoms with Crippen molar-refractivity contribution in [3.8, 4) is 0 Å². The van der Waals surface area contributed by atoms with Gasteiger partial charge in [-0.2, -0.15) is 13.2 Å². The van der Waals surface area contributed by atoms with Crippen molar-refractivity contribution < 1.29 is 18.0 Å². The van der Waals surface area contributed by atoms with E-state index in [1.807, 2.05) is 0 Å². The van der Waals surface area contributed by atoms with E-state index >= 15 is 0 Å². The van der Waals surface area contributed by atoms with Gasteiger partial charge in [0, 0.05) is 22.7 Å². The van der Waals surface area contributed by atoms with Gasteiger partial charge < -0.3 is 4.98 Å². The highest BCUT2D eigenvalue weighted by molar-refractivity contribution is 6.68. The fraction of sp³-hybridized carbons (Fsp3) is 0.100. The van der Waals surface area contributed by atoms with E-state index in [9.17, 15) is 18.0 Å². The zero-order valence-corrected chi connectivity index (χ0v) is 8.49. The molecule has 0 fully saturated rings. The summed E-state index contributed by atoms with van der Waals surface area (Å²) in [6.07, 6.45) is -3.05. The van der Waals surface area contributed by atoms with E-state index in [2.05, 4.69) is 4.98 Å². The SMILES string of the molecule is O=C(Cl)c1cc(C(F)(F)F)cc2[nH]ccc12. The van der Waals surface area contributed by atoms with E-state index in [1.165, 1.54) is 12.3 Å². The third kappa shape index (κ3) is 1.78. The standard InChI is InChI=1S/C10H5ClF3NO/c11-9(16)7-3-5(10(12,13)14)4-8-6(7)1-2-15-8/h1-4,15H. The summed E-state index contributed by atoms with van der Waals surface area (Å²) in [6, 6.07) is 3.20. The summed E-state index contributed by atoms with van der Waals surface area (Å²) in [5.74, 6) is 0. The lowest BCUT2D eigenvalue weighted by Gasteiger charge is -2.08. The van der Waals surface area contributed by atoms with Gasteiger partial charge in [-0.15, -0.1) is 0 Å². The highest BCUT2D eigenvalue weighted by atomic mass is 35.5. The molecule has 0 aliphatic heterocycles. The second-order valence-corrected chi connectivity index (χ2v) is 3.58. The highest BCUT2D eigenvalue weighted by Gasteiger charge is 2.32. The zero-order chi connectivity index (χ0) is 11.9. The van der Waals surface area contributed by atoms with Gasteiger partial charge >= 0.3 is 6.18 Å². The van der Waals surface area contributed by atoms with E-state index in [1.54, 1.807) is 0 Å². The topological polar surface area (TPSA) is 32.9 Å². The van der Waals surface area contributed by atoms with Gasteiger partial charge in [-0.05, 0) is 29.8 Å². The minimum absolute atomic E-state index is 0.146. The molecule has 16 heavy (non-hydrogen) atoms. The minimum atomic E-state index is -4.50. The van der Waals surface area contributed by atoms with Crippen LogP contribution in [-0.4, -0.2) is 10.2 Å². The first kappa shape index (κ1) is 11.0. The molecule has 0 radical (unpaired) electrons. The number of nitrogens with one attached hydrogen (secondary N) is 1. The molecule has 6 heteroatoms. The molecule has 0 aliphatic carbocycles. The van der Waals surface area contributed by atoms with Crippen LogP contribution < -0.4 is 0 Å². The van der Waals surface area contributed by atoms with Crippen molar-refractivity contribution in [3.63, 3.8) is 0 Å². The fourth-order valence-corrected chi connectivity index (χ4v) is 1.65. The number of hydrogen-bond donors (Lipinski definition) is 1. The van der Waals surface area contributed by atoms with Crippen LogP contribution in [0.4, 0.5) is 13.2 Å². The van der Waals surface area contributed by atoms with Gasteiger partial charge in [0.1, 0.15) is 0 Å². The van der Waals surface area contributed by atoms with E-state index in [0.717, 1.165) is 12.1 Å². The Hall–Kier alpha value is -1.49. The molecule has 0 aliphatic rings. The molecule has 2 nitrogen and oxygen atoms in total. The van der Waals surface area contributed by atoms with Crippen LogP contribution in [0.3, 0.4) is 0 Å². The van der Waals surface area contributed by atoms with E-state index < -0.39 is 17.0 Å². The van der Waals surface area contributed by atoms with Crippen molar-refractivity contribution in [2.24, 2.45) is 0 Å². The maximum Gasteiger partial charge on any atom is 0.416 e. The minimum Gasteiger partial charge on any atom is -0.361 e. The summed E-state index contributed by atoms with van der Waals surface area (Å²) in [6.45, 7) is 0. The molecule has 0 amide bonds. The Morgan fingerprint density at radius 3 is 2.56 bits per heavy atom. The van der Waals surface area contributed by atoms with Crippen LogP contribution in [-0.2, 0) is 6.18 Å². The highest BCUT2D eigenvalue weighted by Crippen LogP contribution is 2.33. The summed E-state index contributed by atoms with van der Waals surface area (Å²) in [7, 11) is 0. The number of benzene rings is 1. The van der Waals surface area contributed by atoms with Crippen molar-refractivity contribution in [2.75, 3.05) is 0 Å². The molecule has 1 aromatic heterocycles. The molecule has 1 heterocycles. The van der Waals surface area contributed by atoms with Gasteiger partial charge in [-0.3, -0.25) is 4.79 Å². The monoisotopic (exact) mass is 247 g/mol. The normalized spacial score (nSPS) is 12.0. The first-order valence-corrected chi connectivity index (χ1v) is 4.65. The van der Waals surface area contributed by atoms with Crippen LogP contribution in [0.2, 0.25) is 0 Å². The average molecular weight is 248 g/mol. The summed E-state index contributed by atoms with van der Waals surface area (Å²) in [5, 5.41) is -0.524. The summed E-state index contributed by atoms with van der Waals surface area (Å²) in [4.78, 5) is 13.6. The number of H-pyrrole nitrogens is 1. The van der Waals surface area contributed by atoms with Gasteiger partial charge in [0.15, 0.2) is 0 Å². The molecule has 84 valence electrons. The van der Waals surface area contributed by atoms with Crippen LogP contribution in [0.1, 0.15) is 15.9 Å². The Balaban J connectivity index is 2.76. The first-order chi connectivity index (χ1) is 7.39. The van der Waals surface area contributed by atoms with Crippen molar-refractivity contribution >= 4 is 27.7 Å². The van der Waals surface area contributed by atoms with E-state index in [4.69, 9.17) is 11.6 Å². The Kier molecular flexibility index (Phi) is 2.42. The van der Waals surface area contributed by atoms with Crippen molar-refractivity contribution in [3.05, 3.63) is 35.5 Å². The smallest absolute Gasteiger partial charge is 0.361 e. The van der Waals surface area contributed by atoms with Gasteiger partial charge in [0.25, 0.3) is 5.24 Å². The lowest BCUT2D eigenvalue weighted by atomic mass is 10.1. The van der Waals surface area contributed by atoms with Crippen molar-refractivity contribution in [2.45, 2.75) is 6.18 Å². The Labute approximate surface area is 93.0 Å². The molecular formula is C10H5ClF3NO. The molecule has 2 rings (SSSR count). The van der Waals surface area contributed by atoms with Crippen molar-refractivity contribution in [1.82, 2.24) is 4.98 Å². The summed E-state index contributed by atoms with van der Waals surface area (Å²) >= 11 is 5.24. The number of hydrogen-bond acceptors (Lipinski definition) is 1. The second-order valence-electron chi connectivity index (χ2n) is 3.23. The maximum absolute atomic E-state index is 12.5. The van der Waals surface area contributed by atoms with Gasteiger partial charge in [-0.1, -0.05) is 0 Å². The lowest BCUT2D eigenvalue weighted by Crippen LogP contribution is -2.06. The molecule has 1 N–H and O–H groups in total. The molecule has 2 aromatic rings. The number of rotatable bonds is 1. The fourth-order valence-electron chi connectivity index (χ4n) is 1.49. The van der Waals surface area contributed by atoms with Gasteiger partial charge in [0.2, 0.25) is 0 Å². The third-order valence-electron chi connectivity index (χ3n) is 2.21.